The summed E-state index contributed by atoms with van der Waals surface area (Å²) in [7, 11) is 0. The zero-order valence-corrected chi connectivity index (χ0v) is 14.5. The van der Waals surface area contributed by atoms with Gasteiger partial charge in [0.25, 0.3) is 5.91 Å². The van der Waals surface area contributed by atoms with Gasteiger partial charge in [0.15, 0.2) is 0 Å². The highest BCUT2D eigenvalue weighted by Crippen LogP contribution is 2.23. The number of hydrogen-bond acceptors (Lipinski definition) is 1. The molecule has 1 N–H and O–H groups in total. The fraction of sp³-hybridized carbons (Fsp3) is 0.188. The first-order chi connectivity index (χ1) is 9.38. The van der Waals surface area contributed by atoms with Crippen LogP contribution in [0.5, 0.6) is 0 Å². The molecular formula is C16H15Br2NO. The van der Waals surface area contributed by atoms with Crippen molar-refractivity contribution in [3.05, 3.63) is 68.6 Å². The summed E-state index contributed by atoms with van der Waals surface area (Å²) in [6.07, 6.45) is 0. The second kappa shape index (κ2) is 6.10. The molecule has 104 valence electrons. The van der Waals surface area contributed by atoms with E-state index in [0.29, 0.717) is 5.56 Å². The van der Waals surface area contributed by atoms with E-state index in [1.54, 1.807) is 12.1 Å². The molecular weight excluding hydrogens is 382 g/mol. The van der Waals surface area contributed by atoms with Crippen molar-refractivity contribution in [1.29, 1.82) is 0 Å². The van der Waals surface area contributed by atoms with E-state index in [1.807, 2.05) is 50.2 Å². The lowest BCUT2D eigenvalue weighted by atomic mass is 9.94. The molecule has 0 atom stereocenters. The number of halogens is 2. The third-order valence-corrected chi connectivity index (χ3v) is 4.16. The predicted octanol–water partition coefficient (Wildman–Crippen LogP) is 4.88. The third-order valence-electron chi connectivity index (χ3n) is 3.10. The van der Waals surface area contributed by atoms with Crippen LogP contribution in [0.1, 0.15) is 29.8 Å². The van der Waals surface area contributed by atoms with Gasteiger partial charge in [-0.3, -0.25) is 4.79 Å². The van der Waals surface area contributed by atoms with Gasteiger partial charge in [-0.15, -0.1) is 0 Å². The van der Waals surface area contributed by atoms with Crippen LogP contribution in [0.2, 0.25) is 0 Å². The Morgan fingerprint density at radius 3 is 1.85 bits per heavy atom. The fourth-order valence-corrected chi connectivity index (χ4v) is 2.42. The number of amides is 1. The zero-order chi connectivity index (χ0) is 14.8. The van der Waals surface area contributed by atoms with Gasteiger partial charge in [0.2, 0.25) is 0 Å². The second-order valence-corrected chi connectivity index (χ2v) is 6.92. The van der Waals surface area contributed by atoms with E-state index in [1.165, 1.54) is 0 Å². The van der Waals surface area contributed by atoms with E-state index in [-0.39, 0.29) is 5.91 Å². The minimum absolute atomic E-state index is 0.0783. The molecule has 0 bridgehead atoms. The van der Waals surface area contributed by atoms with Crippen molar-refractivity contribution in [1.82, 2.24) is 5.32 Å². The molecule has 0 aliphatic carbocycles. The van der Waals surface area contributed by atoms with Gasteiger partial charge in [0.1, 0.15) is 0 Å². The maximum absolute atomic E-state index is 12.3. The summed E-state index contributed by atoms with van der Waals surface area (Å²) < 4.78 is 1.98. The average Bonchev–Trinajstić information content (AvgIpc) is 2.39. The van der Waals surface area contributed by atoms with Crippen molar-refractivity contribution in [2.24, 2.45) is 0 Å². The number of carbonyl (C=O) groups excluding carboxylic acids is 1. The van der Waals surface area contributed by atoms with Gasteiger partial charge in [0.05, 0.1) is 5.54 Å². The largest absolute Gasteiger partial charge is 0.343 e. The van der Waals surface area contributed by atoms with Gasteiger partial charge in [-0.25, -0.2) is 0 Å². The summed E-state index contributed by atoms with van der Waals surface area (Å²) in [5.41, 5.74) is 1.29. The summed E-state index contributed by atoms with van der Waals surface area (Å²) in [5, 5.41) is 3.06. The molecule has 2 nitrogen and oxygen atoms in total. The monoisotopic (exact) mass is 395 g/mol. The number of nitrogens with one attached hydrogen (secondary N) is 1. The number of rotatable bonds is 3. The summed E-state index contributed by atoms with van der Waals surface area (Å²) in [5.74, 6) is -0.0783. The Kier molecular flexibility index (Phi) is 4.66. The van der Waals surface area contributed by atoms with Crippen molar-refractivity contribution in [3.63, 3.8) is 0 Å². The second-order valence-electron chi connectivity index (χ2n) is 5.09. The smallest absolute Gasteiger partial charge is 0.251 e. The van der Waals surface area contributed by atoms with Crippen LogP contribution in [0.15, 0.2) is 57.5 Å². The van der Waals surface area contributed by atoms with Gasteiger partial charge in [-0.1, -0.05) is 44.0 Å². The molecule has 0 aliphatic rings. The lowest BCUT2D eigenvalue weighted by Crippen LogP contribution is -2.40. The van der Waals surface area contributed by atoms with Crippen LogP contribution in [0.3, 0.4) is 0 Å². The minimum Gasteiger partial charge on any atom is -0.343 e. The molecule has 2 aromatic carbocycles. The Morgan fingerprint density at radius 1 is 0.900 bits per heavy atom. The van der Waals surface area contributed by atoms with Crippen LogP contribution in [-0.2, 0) is 5.54 Å². The molecule has 20 heavy (non-hydrogen) atoms. The first kappa shape index (κ1) is 15.3. The maximum Gasteiger partial charge on any atom is 0.251 e. The van der Waals surface area contributed by atoms with E-state index >= 15 is 0 Å². The quantitative estimate of drug-likeness (QED) is 0.787. The minimum atomic E-state index is -0.426. The number of carbonyl (C=O) groups is 1. The predicted molar refractivity (Wildman–Crippen MR) is 88.8 cm³/mol. The number of benzene rings is 2. The molecule has 0 spiro atoms. The summed E-state index contributed by atoms with van der Waals surface area (Å²) in [4.78, 5) is 12.3. The van der Waals surface area contributed by atoms with E-state index in [2.05, 4.69) is 37.2 Å². The van der Waals surface area contributed by atoms with Crippen LogP contribution in [0.4, 0.5) is 0 Å². The Balaban J connectivity index is 2.17. The molecule has 0 saturated carbocycles. The molecule has 0 unspecified atom stereocenters. The molecule has 1 amide bonds. The van der Waals surface area contributed by atoms with Gasteiger partial charge >= 0.3 is 0 Å². The SMILES string of the molecule is CC(C)(NC(=O)c1ccc(Br)cc1)c1ccc(Br)cc1. The highest BCUT2D eigenvalue weighted by Gasteiger charge is 2.23. The van der Waals surface area contributed by atoms with Gasteiger partial charge in [-0.2, -0.15) is 0 Å². The van der Waals surface area contributed by atoms with Crippen molar-refractivity contribution in [3.8, 4) is 0 Å². The lowest BCUT2D eigenvalue weighted by Gasteiger charge is -2.27. The molecule has 0 heterocycles. The molecule has 0 aliphatic heterocycles. The molecule has 4 heteroatoms. The summed E-state index contributed by atoms with van der Waals surface area (Å²) in [6.45, 7) is 3.99. The number of hydrogen-bond donors (Lipinski definition) is 1. The highest BCUT2D eigenvalue weighted by molar-refractivity contribution is 9.10. The summed E-state index contributed by atoms with van der Waals surface area (Å²) >= 11 is 6.78. The molecule has 0 saturated heterocycles. The lowest BCUT2D eigenvalue weighted by molar-refractivity contribution is 0.0912. The van der Waals surface area contributed by atoms with Crippen LogP contribution < -0.4 is 5.32 Å². The Hall–Kier alpha value is -1.13. The fourth-order valence-electron chi connectivity index (χ4n) is 1.90. The summed E-state index contributed by atoms with van der Waals surface area (Å²) in [6, 6.07) is 15.3. The van der Waals surface area contributed by atoms with Crippen LogP contribution >= 0.6 is 31.9 Å². The van der Waals surface area contributed by atoms with Crippen molar-refractivity contribution < 1.29 is 4.79 Å². The Bertz CT molecular complexity index is 603. The molecule has 0 aromatic heterocycles. The first-order valence-electron chi connectivity index (χ1n) is 6.22. The van der Waals surface area contributed by atoms with Crippen molar-refractivity contribution in [2.75, 3.05) is 0 Å². The van der Waals surface area contributed by atoms with Crippen molar-refractivity contribution >= 4 is 37.8 Å². The van der Waals surface area contributed by atoms with Crippen LogP contribution in [-0.4, -0.2) is 5.91 Å². The normalized spacial score (nSPS) is 11.2. The van der Waals surface area contributed by atoms with Crippen LogP contribution in [0.25, 0.3) is 0 Å². The Morgan fingerprint density at radius 2 is 1.35 bits per heavy atom. The van der Waals surface area contributed by atoms with Gasteiger partial charge < -0.3 is 5.32 Å². The van der Waals surface area contributed by atoms with E-state index in [0.717, 1.165) is 14.5 Å². The topological polar surface area (TPSA) is 29.1 Å². The standard InChI is InChI=1S/C16H15Br2NO/c1-16(2,12-5-9-14(18)10-6-12)19-15(20)11-3-7-13(17)8-4-11/h3-10H,1-2H3,(H,19,20). The molecule has 0 radical (unpaired) electrons. The molecule has 0 fully saturated rings. The average molecular weight is 397 g/mol. The van der Waals surface area contributed by atoms with Crippen LogP contribution in [0, 0.1) is 0 Å². The maximum atomic E-state index is 12.3. The molecule has 2 aromatic rings. The first-order valence-corrected chi connectivity index (χ1v) is 7.81. The Labute approximate surface area is 135 Å². The van der Waals surface area contributed by atoms with Crippen molar-refractivity contribution in [2.45, 2.75) is 19.4 Å². The third kappa shape index (κ3) is 3.70. The zero-order valence-electron chi connectivity index (χ0n) is 11.3. The van der Waals surface area contributed by atoms with E-state index in [9.17, 15) is 4.79 Å². The van der Waals surface area contributed by atoms with Gasteiger partial charge in [-0.05, 0) is 55.8 Å². The van der Waals surface area contributed by atoms with Gasteiger partial charge in [0, 0.05) is 14.5 Å². The highest BCUT2D eigenvalue weighted by atomic mass is 79.9. The molecule has 2 rings (SSSR count). The van der Waals surface area contributed by atoms with E-state index < -0.39 is 5.54 Å². The van der Waals surface area contributed by atoms with E-state index in [4.69, 9.17) is 0 Å².